The van der Waals surface area contributed by atoms with E-state index in [1.165, 1.54) is 11.0 Å². The van der Waals surface area contributed by atoms with E-state index in [1.54, 1.807) is 6.92 Å². The number of aromatic nitrogens is 1. The van der Waals surface area contributed by atoms with Gasteiger partial charge in [0.25, 0.3) is 5.91 Å². The number of ether oxygens (including phenoxy) is 1. The largest absolute Gasteiger partial charge is 0.464 e. The van der Waals surface area contributed by atoms with Gasteiger partial charge in [0.1, 0.15) is 16.9 Å². The third-order valence-electron chi connectivity index (χ3n) is 3.28. The lowest BCUT2D eigenvalue weighted by molar-refractivity contribution is -0.149. The average molecular weight is 319 g/mol. The number of amides is 1. The summed E-state index contributed by atoms with van der Waals surface area (Å²) in [5, 5.41) is 0.513. The maximum Gasteiger partial charge on any atom is 0.328 e. The number of aromatic amines is 1. The minimum Gasteiger partial charge on any atom is -0.464 e. The van der Waals surface area contributed by atoms with Gasteiger partial charge in [-0.25, -0.2) is 4.79 Å². The molecule has 0 spiro atoms. The van der Waals surface area contributed by atoms with Gasteiger partial charge in [-0.1, -0.05) is 23.2 Å². The number of hydrogen-bond acceptors (Lipinski definition) is 3. The molecule has 0 saturated carbocycles. The molecular weight excluding hydrogens is 303 g/mol. The van der Waals surface area contributed by atoms with Crippen LogP contribution < -0.4 is 0 Å². The zero-order valence-electron chi connectivity index (χ0n) is 11.1. The van der Waals surface area contributed by atoms with E-state index >= 15 is 0 Å². The molecule has 20 heavy (non-hydrogen) atoms. The molecule has 1 saturated heterocycles. The molecule has 7 heteroatoms. The van der Waals surface area contributed by atoms with Crippen LogP contribution in [0.15, 0.2) is 6.07 Å². The summed E-state index contributed by atoms with van der Waals surface area (Å²) in [7, 11) is 0. The molecule has 1 aliphatic heterocycles. The van der Waals surface area contributed by atoms with Crippen molar-refractivity contribution in [2.45, 2.75) is 32.2 Å². The van der Waals surface area contributed by atoms with Gasteiger partial charge in [0.05, 0.1) is 11.6 Å². The normalized spacial score (nSPS) is 18.9. The predicted octanol–water partition coefficient (Wildman–Crippen LogP) is 2.88. The van der Waals surface area contributed by atoms with E-state index in [-0.39, 0.29) is 22.7 Å². The minimum absolute atomic E-state index is 0.222. The van der Waals surface area contributed by atoms with Crippen molar-refractivity contribution in [2.24, 2.45) is 0 Å². The molecule has 110 valence electrons. The highest BCUT2D eigenvalue weighted by atomic mass is 35.5. The van der Waals surface area contributed by atoms with Gasteiger partial charge in [-0.15, -0.1) is 0 Å². The standard InChI is InChI=1S/C13H16Cl2N2O3/c1-2-20-13(19)10-5-3-4-6-17(10)12(18)9-7-8(14)11(15)16-9/h7,10,16H,2-6H2,1H3. The number of carbonyl (C=O) groups excluding carboxylic acids is 2. The Balaban J connectivity index is 2.19. The summed E-state index contributed by atoms with van der Waals surface area (Å²) in [6.07, 6.45) is 2.38. The highest BCUT2D eigenvalue weighted by Gasteiger charge is 2.34. The van der Waals surface area contributed by atoms with Crippen LogP contribution in [0.3, 0.4) is 0 Å². The first-order valence-corrected chi connectivity index (χ1v) is 7.31. The third kappa shape index (κ3) is 3.10. The number of esters is 1. The molecule has 5 nitrogen and oxygen atoms in total. The van der Waals surface area contributed by atoms with Crippen molar-refractivity contribution in [3.8, 4) is 0 Å². The van der Waals surface area contributed by atoms with E-state index in [0.29, 0.717) is 24.6 Å². The van der Waals surface area contributed by atoms with Gasteiger partial charge in [0.15, 0.2) is 0 Å². The fourth-order valence-corrected chi connectivity index (χ4v) is 2.64. The van der Waals surface area contributed by atoms with Crippen LogP contribution in [-0.4, -0.2) is 41.0 Å². The van der Waals surface area contributed by atoms with Gasteiger partial charge in [-0.2, -0.15) is 0 Å². The van der Waals surface area contributed by atoms with E-state index < -0.39 is 6.04 Å². The molecule has 0 aromatic carbocycles. The van der Waals surface area contributed by atoms with Crippen molar-refractivity contribution >= 4 is 35.1 Å². The van der Waals surface area contributed by atoms with Gasteiger partial charge in [-0.05, 0) is 32.3 Å². The van der Waals surface area contributed by atoms with Crippen molar-refractivity contribution in [3.63, 3.8) is 0 Å². The quantitative estimate of drug-likeness (QED) is 0.872. The minimum atomic E-state index is -0.531. The smallest absolute Gasteiger partial charge is 0.328 e. The molecule has 1 atom stereocenters. The Kier molecular flexibility index (Phi) is 4.94. The topological polar surface area (TPSA) is 62.4 Å². The van der Waals surface area contributed by atoms with Crippen LogP contribution in [0.1, 0.15) is 36.7 Å². The van der Waals surface area contributed by atoms with Gasteiger partial charge >= 0.3 is 5.97 Å². The van der Waals surface area contributed by atoms with E-state index in [4.69, 9.17) is 27.9 Å². The molecule has 2 rings (SSSR count). The van der Waals surface area contributed by atoms with E-state index in [2.05, 4.69) is 4.98 Å². The van der Waals surface area contributed by atoms with Crippen LogP contribution in [0.4, 0.5) is 0 Å². The number of likely N-dealkylation sites (tertiary alicyclic amines) is 1. The van der Waals surface area contributed by atoms with Crippen molar-refractivity contribution in [1.82, 2.24) is 9.88 Å². The van der Waals surface area contributed by atoms with Crippen LogP contribution in [0.2, 0.25) is 10.2 Å². The Morgan fingerprint density at radius 3 is 2.80 bits per heavy atom. The van der Waals surface area contributed by atoms with Gasteiger partial charge in [-0.3, -0.25) is 4.79 Å². The van der Waals surface area contributed by atoms with Crippen molar-refractivity contribution < 1.29 is 14.3 Å². The lowest BCUT2D eigenvalue weighted by Crippen LogP contribution is -2.48. The Hall–Kier alpha value is -1.20. The van der Waals surface area contributed by atoms with Crippen LogP contribution in [0.5, 0.6) is 0 Å². The molecule has 1 amide bonds. The molecule has 1 fully saturated rings. The summed E-state index contributed by atoms with van der Waals surface area (Å²) < 4.78 is 5.03. The summed E-state index contributed by atoms with van der Waals surface area (Å²) in [5.74, 6) is -0.638. The highest BCUT2D eigenvalue weighted by Crippen LogP contribution is 2.25. The summed E-state index contributed by atoms with van der Waals surface area (Å²) in [6.45, 7) is 2.57. The van der Waals surface area contributed by atoms with Crippen molar-refractivity contribution in [1.29, 1.82) is 0 Å². The molecule has 1 unspecified atom stereocenters. The number of halogens is 2. The molecule has 0 bridgehead atoms. The summed E-state index contributed by atoms with van der Waals surface area (Å²) in [5.41, 5.74) is 0.288. The molecule has 1 aromatic rings. The number of nitrogens with one attached hydrogen (secondary N) is 1. The number of H-pyrrole nitrogens is 1. The number of nitrogens with zero attached hydrogens (tertiary/aromatic N) is 1. The first-order chi connectivity index (χ1) is 9.54. The van der Waals surface area contributed by atoms with Crippen LogP contribution in [0.25, 0.3) is 0 Å². The highest BCUT2D eigenvalue weighted by molar-refractivity contribution is 6.41. The predicted molar refractivity (Wildman–Crippen MR) is 76.1 cm³/mol. The number of piperidine rings is 1. The fourth-order valence-electron chi connectivity index (χ4n) is 2.33. The number of carbonyl (C=O) groups is 2. The van der Waals surface area contributed by atoms with E-state index in [0.717, 1.165) is 12.8 Å². The van der Waals surface area contributed by atoms with Crippen molar-refractivity contribution in [3.05, 3.63) is 21.9 Å². The maximum atomic E-state index is 12.5. The molecule has 0 aliphatic carbocycles. The average Bonchev–Trinajstić information content (AvgIpc) is 2.78. The molecule has 1 N–H and O–H groups in total. The number of rotatable bonds is 3. The Bertz CT molecular complexity index is 496. The third-order valence-corrected chi connectivity index (χ3v) is 3.97. The first-order valence-electron chi connectivity index (χ1n) is 6.56. The zero-order valence-corrected chi connectivity index (χ0v) is 12.6. The van der Waals surface area contributed by atoms with Crippen LogP contribution >= 0.6 is 23.2 Å². The summed E-state index contributed by atoms with van der Waals surface area (Å²) >= 11 is 11.6. The maximum absolute atomic E-state index is 12.5. The number of hydrogen-bond donors (Lipinski definition) is 1. The van der Waals surface area contributed by atoms with E-state index in [1.807, 2.05) is 0 Å². The molecular formula is C13H16Cl2N2O3. The van der Waals surface area contributed by atoms with E-state index in [9.17, 15) is 9.59 Å². The monoisotopic (exact) mass is 318 g/mol. The van der Waals surface area contributed by atoms with Crippen LogP contribution in [-0.2, 0) is 9.53 Å². The van der Waals surface area contributed by atoms with Gasteiger partial charge in [0, 0.05) is 6.54 Å². The zero-order chi connectivity index (χ0) is 14.7. The summed E-state index contributed by atoms with van der Waals surface area (Å²) in [4.78, 5) is 28.6. The van der Waals surface area contributed by atoms with Gasteiger partial charge < -0.3 is 14.6 Å². The Labute approximate surface area is 127 Å². The molecule has 2 heterocycles. The molecule has 0 radical (unpaired) electrons. The molecule has 1 aliphatic rings. The SMILES string of the molecule is CCOC(=O)C1CCCCN1C(=O)c1cc(Cl)c(Cl)[nH]1. The van der Waals surface area contributed by atoms with Crippen molar-refractivity contribution in [2.75, 3.05) is 13.2 Å². The second-order valence-corrected chi connectivity index (χ2v) is 5.39. The Morgan fingerprint density at radius 1 is 1.45 bits per heavy atom. The Morgan fingerprint density at radius 2 is 2.20 bits per heavy atom. The van der Waals surface area contributed by atoms with Crippen LogP contribution in [0, 0.1) is 0 Å². The summed E-state index contributed by atoms with van der Waals surface area (Å²) in [6, 6.07) is 0.945. The lowest BCUT2D eigenvalue weighted by atomic mass is 10.0. The fraction of sp³-hybridized carbons (Fsp3) is 0.538. The second-order valence-electron chi connectivity index (χ2n) is 4.61. The second kappa shape index (κ2) is 6.50. The lowest BCUT2D eigenvalue weighted by Gasteiger charge is -2.33. The molecule has 1 aromatic heterocycles. The van der Waals surface area contributed by atoms with Gasteiger partial charge in [0.2, 0.25) is 0 Å². The first kappa shape index (κ1) is 15.2.